The van der Waals surface area contributed by atoms with E-state index < -0.39 is 6.09 Å². The summed E-state index contributed by atoms with van der Waals surface area (Å²) in [6, 6.07) is 3.08. The van der Waals surface area contributed by atoms with Crippen LogP contribution in [0.25, 0.3) is 0 Å². The molecule has 0 bridgehead atoms. The van der Waals surface area contributed by atoms with Crippen molar-refractivity contribution in [1.82, 2.24) is 15.2 Å². The molecule has 21 heavy (non-hydrogen) atoms. The van der Waals surface area contributed by atoms with E-state index in [-0.39, 0.29) is 11.9 Å². The lowest BCUT2D eigenvalue weighted by Crippen LogP contribution is -2.49. The highest BCUT2D eigenvalue weighted by molar-refractivity contribution is 6.30. The van der Waals surface area contributed by atoms with Crippen LogP contribution in [0.3, 0.4) is 0 Å². The van der Waals surface area contributed by atoms with Gasteiger partial charge in [-0.15, -0.1) is 0 Å². The molecule has 1 aliphatic heterocycles. The molecule has 1 atom stereocenters. The van der Waals surface area contributed by atoms with Crippen molar-refractivity contribution in [3.05, 3.63) is 29.0 Å². The smallest absolute Gasteiger partial charge is 0.407 e. The molecular formula is C14H18ClN3O3. The normalized spacial score (nSPS) is 18.2. The number of carbonyl (C=O) groups is 2. The Balaban J connectivity index is 1.97. The van der Waals surface area contributed by atoms with Crippen LogP contribution in [0.1, 0.15) is 30.3 Å². The second-order valence-electron chi connectivity index (χ2n) is 4.81. The Bertz CT molecular complexity index is 524. The number of amides is 2. The Morgan fingerprint density at radius 1 is 1.57 bits per heavy atom. The molecule has 6 nitrogen and oxygen atoms in total. The molecule has 7 heteroatoms. The van der Waals surface area contributed by atoms with E-state index in [9.17, 15) is 9.59 Å². The molecule has 1 aliphatic rings. The molecule has 1 saturated heterocycles. The fraction of sp³-hybridized carbons (Fsp3) is 0.500. The molecule has 2 amide bonds. The van der Waals surface area contributed by atoms with Crippen LogP contribution in [0.5, 0.6) is 0 Å². The van der Waals surface area contributed by atoms with E-state index in [2.05, 4.69) is 10.3 Å². The van der Waals surface area contributed by atoms with E-state index >= 15 is 0 Å². The monoisotopic (exact) mass is 311 g/mol. The van der Waals surface area contributed by atoms with Crippen LogP contribution in [0.2, 0.25) is 5.02 Å². The lowest BCUT2D eigenvalue weighted by molar-refractivity contribution is 0.0680. The van der Waals surface area contributed by atoms with Crippen molar-refractivity contribution in [3.63, 3.8) is 0 Å². The summed E-state index contributed by atoms with van der Waals surface area (Å²) < 4.78 is 4.86. The number of rotatable bonds is 3. The summed E-state index contributed by atoms with van der Waals surface area (Å²) in [5, 5.41) is 3.24. The van der Waals surface area contributed by atoms with E-state index in [0.717, 1.165) is 12.8 Å². The topological polar surface area (TPSA) is 71.5 Å². The molecule has 0 saturated carbocycles. The van der Waals surface area contributed by atoms with Crippen molar-refractivity contribution >= 4 is 23.6 Å². The fourth-order valence-corrected chi connectivity index (χ4v) is 2.46. The molecule has 0 aromatic carbocycles. The summed E-state index contributed by atoms with van der Waals surface area (Å²) in [6.07, 6.45) is 2.71. The Hall–Kier alpha value is -1.82. The maximum Gasteiger partial charge on any atom is 0.407 e. The largest absolute Gasteiger partial charge is 0.450 e. The number of alkyl carbamates (subject to hydrolysis) is 1. The van der Waals surface area contributed by atoms with E-state index in [4.69, 9.17) is 16.3 Å². The van der Waals surface area contributed by atoms with Crippen molar-refractivity contribution in [1.29, 1.82) is 0 Å². The minimum Gasteiger partial charge on any atom is -0.450 e. The number of hydrogen-bond acceptors (Lipinski definition) is 4. The van der Waals surface area contributed by atoms with Crippen LogP contribution >= 0.6 is 11.6 Å². The zero-order chi connectivity index (χ0) is 15.2. The van der Waals surface area contributed by atoms with E-state index in [0.29, 0.717) is 30.4 Å². The van der Waals surface area contributed by atoms with Gasteiger partial charge in [-0.3, -0.25) is 9.78 Å². The van der Waals surface area contributed by atoms with E-state index in [1.165, 1.54) is 6.20 Å². The van der Waals surface area contributed by atoms with Crippen LogP contribution < -0.4 is 5.32 Å². The lowest BCUT2D eigenvalue weighted by Gasteiger charge is -2.32. The first-order valence-electron chi connectivity index (χ1n) is 6.94. The minimum atomic E-state index is -0.447. The summed E-state index contributed by atoms with van der Waals surface area (Å²) in [7, 11) is 0. The average molecular weight is 312 g/mol. The molecule has 1 fully saturated rings. The molecule has 0 radical (unpaired) electrons. The van der Waals surface area contributed by atoms with Gasteiger partial charge in [-0.25, -0.2) is 4.79 Å². The predicted octanol–water partition coefficient (Wildman–Crippen LogP) is 2.09. The highest BCUT2D eigenvalue weighted by Crippen LogP contribution is 2.15. The minimum absolute atomic E-state index is 0.0964. The zero-order valence-electron chi connectivity index (χ0n) is 11.8. The first kappa shape index (κ1) is 15.6. The fourth-order valence-electron chi connectivity index (χ4n) is 2.30. The first-order valence-corrected chi connectivity index (χ1v) is 7.32. The predicted molar refractivity (Wildman–Crippen MR) is 78.3 cm³/mol. The SMILES string of the molecule is CCOC(=O)N[C@H]1CCCN(C(=O)c2cc(Cl)ccn2)C1. The second kappa shape index (κ2) is 7.26. The second-order valence-corrected chi connectivity index (χ2v) is 5.25. The van der Waals surface area contributed by atoms with Crippen LogP contribution in [0, 0.1) is 0 Å². The van der Waals surface area contributed by atoms with Gasteiger partial charge in [0, 0.05) is 30.4 Å². The molecule has 114 valence electrons. The molecule has 2 rings (SSSR count). The Kier molecular flexibility index (Phi) is 5.38. The van der Waals surface area contributed by atoms with Crippen molar-refractivity contribution in [3.8, 4) is 0 Å². The van der Waals surface area contributed by atoms with Crippen LogP contribution in [0.4, 0.5) is 4.79 Å². The number of pyridine rings is 1. The van der Waals surface area contributed by atoms with Gasteiger partial charge >= 0.3 is 6.09 Å². The number of aromatic nitrogens is 1. The Morgan fingerprint density at radius 2 is 2.38 bits per heavy atom. The van der Waals surface area contributed by atoms with Crippen LogP contribution in [-0.4, -0.2) is 47.6 Å². The van der Waals surface area contributed by atoms with Crippen LogP contribution in [-0.2, 0) is 4.74 Å². The summed E-state index contributed by atoms with van der Waals surface area (Å²) in [5.74, 6) is -0.173. The maximum atomic E-state index is 12.4. The number of carbonyl (C=O) groups excluding carboxylic acids is 2. The number of nitrogens with zero attached hydrogens (tertiary/aromatic N) is 2. The molecule has 1 aromatic heterocycles. The number of piperidine rings is 1. The van der Waals surface area contributed by atoms with Crippen molar-refractivity contribution in [2.45, 2.75) is 25.8 Å². The zero-order valence-corrected chi connectivity index (χ0v) is 12.6. The number of nitrogens with one attached hydrogen (secondary N) is 1. The van der Waals surface area contributed by atoms with Crippen molar-refractivity contribution in [2.24, 2.45) is 0 Å². The Morgan fingerprint density at radius 3 is 3.10 bits per heavy atom. The average Bonchev–Trinajstić information content (AvgIpc) is 2.47. The lowest BCUT2D eigenvalue weighted by atomic mass is 10.1. The third-order valence-electron chi connectivity index (χ3n) is 3.25. The third-order valence-corrected chi connectivity index (χ3v) is 3.48. The van der Waals surface area contributed by atoms with Gasteiger partial charge in [0.1, 0.15) is 5.69 Å². The van der Waals surface area contributed by atoms with E-state index in [1.807, 2.05) is 0 Å². The molecule has 1 aromatic rings. The molecular weight excluding hydrogens is 294 g/mol. The summed E-state index contributed by atoms with van der Waals surface area (Å²) in [6.45, 7) is 3.18. The highest BCUT2D eigenvalue weighted by Gasteiger charge is 2.26. The molecule has 0 unspecified atom stereocenters. The number of likely N-dealkylation sites (tertiary alicyclic amines) is 1. The summed E-state index contributed by atoms with van der Waals surface area (Å²) in [4.78, 5) is 29.5. The van der Waals surface area contributed by atoms with Gasteiger partial charge in [-0.1, -0.05) is 11.6 Å². The van der Waals surface area contributed by atoms with Gasteiger partial charge in [-0.05, 0) is 31.9 Å². The van der Waals surface area contributed by atoms with Gasteiger partial charge in [0.25, 0.3) is 5.91 Å². The van der Waals surface area contributed by atoms with Crippen molar-refractivity contribution < 1.29 is 14.3 Å². The number of hydrogen-bond donors (Lipinski definition) is 1. The number of halogens is 1. The first-order chi connectivity index (χ1) is 10.1. The standard InChI is InChI=1S/C14H18ClN3O3/c1-2-21-14(20)17-11-4-3-7-18(9-11)13(19)12-8-10(15)5-6-16-12/h5-6,8,11H,2-4,7,9H2,1H3,(H,17,20)/t11-/m0/s1. The molecule has 1 N–H and O–H groups in total. The maximum absolute atomic E-state index is 12.4. The van der Waals surface area contributed by atoms with Gasteiger partial charge in [-0.2, -0.15) is 0 Å². The van der Waals surface area contributed by atoms with Gasteiger partial charge in [0.15, 0.2) is 0 Å². The van der Waals surface area contributed by atoms with Gasteiger partial charge in [0.2, 0.25) is 0 Å². The van der Waals surface area contributed by atoms with Crippen molar-refractivity contribution in [2.75, 3.05) is 19.7 Å². The third kappa shape index (κ3) is 4.32. The van der Waals surface area contributed by atoms with E-state index in [1.54, 1.807) is 24.0 Å². The number of ether oxygens (including phenoxy) is 1. The summed E-state index contributed by atoms with van der Waals surface area (Å²) in [5.41, 5.74) is 0.319. The van der Waals surface area contributed by atoms with Gasteiger partial charge in [0.05, 0.1) is 6.61 Å². The molecule has 0 aliphatic carbocycles. The Labute approximate surface area is 128 Å². The quantitative estimate of drug-likeness (QED) is 0.927. The van der Waals surface area contributed by atoms with Crippen LogP contribution in [0.15, 0.2) is 18.3 Å². The highest BCUT2D eigenvalue weighted by atomic mass is 35.5. The summed E-state index contributed by atoms with van der Waals surface area (Å²) >= 11 is 5.88. The van der Waals surface area contributed by atoms with Gasteiger partial charge < -0.3 is 15.0 Å². The molecule has 0 spiro atoms. The molecule has 2 heterocycles.